The maximum absolute atomic E-state index is 13.2. The molecule has 1 aliphatic heterocycles. The van der Waals surface area contributed by atoms with Gasteiger partial charge in [0.05, 0.1) is 6.61 Å². The van der Waals surface area contributed by atoms with Crippen LogP contribution in [0.5, 0.6) is 5.75 Å². The van der Waals surface area contributed by atoms with E-state index < -0.39 is 0 Å². The van der Waals surface area contributed by atoms with Gasteiger partial charge in [0, 0.05) is 24.6 Å². The van der Waals surface area contributed by atoms with Gasteiger partial charge < -0.3 is 15.4 Å². The Balaban J connectivity index is 1.56. The molecule has 0 saturated carbocycles. The number of rotatable bonds is 8. The van der Waals surface area contributed by atoms with Crippen molar-refractivity contribution in [1.29, 1.82) is 0 Å². The average molecular weight is 382 g/mol. The third-order valence-electron chi connectivity index (χ3n) is 5.12. The maximum Gasteiger partial charge on any atom is 0.251 e. The van der Waals surface area contributed by atoms with Crippen molar-refractivity contribution in [2.45, 2.75) is 18.8 Å². The zero-order chi connectivity index (χ0) is 19.8. The molecule has 2 aromatic rings. The number of halogens is 1. The molecule has 3 rings (SSSR count). The van der Waals surface area contributed by atoms with Gasteiger partial charge in [-0.15, -0.1) is 6.58 Å². The molecule has 2 aromatic carbocycles. The molecule has 0 spiro atoms. The lowest BCUT2D eigenvalue weighted by molar-refractivity contribution is 0.0954. The van der Waals surface area contributed by atoms with Crippen LogP contribution in [0.4, 0.5) is 4.39 Å². The zero-order valence-electron chi connectivity index (χ0n) is 16.0. The van der Waals surface area contributed by atoms with Crippen molar-refractivity contribution in [3.63, 3.8) is 0 Å². The van der Waals surface area contributed by atoms with E-state index in [1.54, 1.807) is 18.2 Å². The van der Waals surface area contributed by atoms with Crippen LogP contribution >= 0.6 is 0 Å². The van der Waals surface area contributed by atoms with Crippen LogP contribution in [0.15, 0.2) is 61.2 Å². The molecule has 28 heavy (non-hydrogen) atoms. The highest BCUT2D eigenvalue weighted by atomic mass is 19.1. The first-order valence-electron chi connectivity index (χ1n) is 9.75. The van der Waals surface area contributed by atoms with Crippen molar-refractivity contribution in [3.05, 3.63) is 78.1 Å². The topological polar surface area (TPSA) is 50.4 Å². The number of carbonyl (C=O) groups is 1. The second kappa shape index (κ2) is 10.0. The van der Waals surface area contributed by atoms with Gasteiger partial charge in [0.25, 0.3) is 5.91 Å². The summed E-state index contributed by atoms with van der Waals surface area (Å²) in [5.41, 5.74) is 1.77. The Morgan fingerprint density at radius 2 is 1.96 bits per heavy atom. The molecule has 0 bridgehead atoms. The number of ether oxygens (including phenoxy) is 1. The van der Waals surface area contributed by atoms with Gasteiger partial charge in [0.15, 0.2) is 0 Å². The minimum atomic E-state index is -0.209. The van der Waals surface area contributed by atoms with E-state index in [0.29, 0.717) is 30.6 Å². The smallest absolute Gasteiger partial charge is 0.251 e. The Kier molecular flexibility index (Phi) is 7.20. The van der Waals surface area contributed by atoms with E-state index in [4.69, 9.17) is 4.74 Å². The van der Waals surface area contributed by atoms with Gasteiger partial charge >= 0.3 is 0 Å². The minimum absolute atomic E-state index is 0.0961. The van der Waals surface area contributed by atoms with Crippen LogP contribution in [-0.4, -0.2) is 32.1 Å². The highest BCUT2D eigenvalue weighted by Crippen LogP contribution is 2.31. The molecule has 0 aromatic heterocycles. The molecule has 0 aliphatic carbocycles. The summed E-state index contributed by atoms with van der Waals surface area (Å²) in [4.78, 5) is 12.0. The first-order valence-corrected chi connectivity index (χ1v) is 9.75. The summed E-state index contributed by atoms with van der Waals surface area (Å²) in [6, 6.07) is 14.0. The molecule has 2 N–H and O–H groups in total. The van der Waals surface area contributed by atoms with E-state index in [-0.39, 0.29) is 11.7 Å². The predicted octanol–water partition coefficient (Wildman–Crippen LogP) is 3.90. The number of piperidine rings is 1. The van der Waals surface area contributed by atoms with E-state index in [9.17, 15) is 9.18 Å². The van der Waals surface area contributed by atoms with Gasteiger partial charge in [-0.3, -0.25) is 4.79 Å². The number of amides is 1. The molecule has 1 fully saturated rings. The quantitative estimate of drug-likeness (QED) is 0.538. The summed E-state index contributed by atoms with van der Waals surface area (Å²) in [6.07, 6.45) is 3.53. The van der Waals surface area contributed by atoms with Crippen molar-refractivity contribution in [1.82, 2.24) is 10.6 Å². The van der Waals surface area contributed by atoms with E-state index in [0.717, 1.165) is 37.2 Å². The second-order valence-electron chi connectivity index (χ2n) is 7.08. The number of hydrogen-bond donors (Lipinski definition) is 2. The Morgan fingerprint density at radius 1 is 1.21 bits per heavy atom. The number of hydrogen-bond acceptors (Lipinski definition) is 3. The van der Waals surface area contributed by atoms with Gasteiger partial charge in [-0.25, -0.2) is 4.39 Å². The molecule has 1 heterocycles. The highest BCUT2D eigenvalue weighted by molar-refractivity contribution is 5.94. The maximum atomic E-state index is 13.2. The first kappa shape index (κ1) is 20.1. The SMILES string of the molecule is C=CCCNC(=O)c1ccc(OC[C@@H]2CNCC[C@H]2c2ccc(F)cc2)cc1. The zero-order valence-corrected chi connectivity index (χ0v) is 16.0. The lowest BCUT2D eigenvalue weighted by atomic mass is 9.81. The summed E-state index contributed by atoms with van der Waals surface area (Å²) in [6.45, 7) is 6.61. The van der Waals surface area contributed by atoms with Crippen LogP contribution in [0.1, 0.15) is 34.7 Å². The van der Waals surface area contributed by atoms with Crippen LogP contribution in [0.2, 0.25) is 0 Å². The highest BCUT2D eigenvalue weighted by Gasteiger charge is 2.27. The van der Waals surface area contributed by atoms with E-state index >= 15 is 0 Å². The number of benzene rings is 2. The summed E-state index contributed by atoms with van der Waals surface area (Å²) < 4.78 is 19.2. The summed E-state index contributed by atoms with van der Waals surface area (Å²) >= 11 is 0. The van der Waals surface area contributed by atoms with Crippen molar-refractivity contribution >= 4 is 5.91 Å². The fourth-order valence-corrected chi connectivity index (χ4v) is 3.54. The molecule has 5 heteroatoms. The van der Waals surface area contributed by atoms with Gasteiger partial charge in [-0.05, 0) is 67.3 Å². The van der Waals surface area contributed by atoms with Crippen molar-refractivity contribution in [2.75, 3.05) is 26.2 Å². The van der Waals surface area contributed by atoms with Crippen LogP contribution < -0.4 is 15.4 Å². The molecular weight excluding hydrogens is 355 g/mol. The molecule has 0 radical (unpaired) electrons. The summed E-state index contributed by atoms with van der Waals surface area (Å²) in [5, 5.41) is 6.26. The standard InChI is InChI=1S/C23H27FN2O2/c1-2-3-13-26-23(27)18-6-10-21(11-7-18)28-16-19-15-25-14-12-22(19)17-4-8-20(24)9-5-17/h2,4-11,19,22,25H,1,3,12-16H2,(H,26,27)/t19-,22-/m0/s1. The Hall–Kier alpha value is -2.66. The largest absolute Gasteiger partial charge is 0.493 e. The molecule has 1 amide bonds. The monoisotopic (exact) mass is 382 g/mol. The molecule has 1 saturated heterocycles. The lowest BCUT2D eigenvalue weighted by Crippen LogP contribution is -2.38. The van der Waals surface area contributed by atoms with Gasteiger partial charge in [0.2, 0.25) is 0 Å². The normalized spacial score (nSPS) is 19.0. The third-order valence-corrected chi connectivity index (χ3v) is 5.12. The van der Waals surface area contributed by atoms with Crippen molar-refractivity contribution in [2.24, 2.45) is 5.92 Å². The Bertz CT molecular complexity index is 774. The number of nitrogens with one attached hydrogen (secondary N) is 2. The van der Waals surface area contributed by atoms with E-state index in [1.165, 1.54) is 12.1 Å². The second-order valence-corrected chi connectivity index (χ2v) is 7.08. The van der Waals surface area contributed by atoms with Gasteiger partial charge in [-0.1, -0.05) is 18.2 Å². The Morgan fingerprint density at radius 3 is 2.68 bits per heavy atom. The minimum Gasteiger partial charge on any atom is -0.493 e. The van der Waals surface area contributed by atoms with E-state index in [1.807, 2.05) is 24.3 Å². The first-order chi connectivity index (χ1) is 13.7. The fourth-order valence-electron chi connectivity index (χ4n) is 3.54. The number of carbonyl (C=O) groups excluding carboxylic acids is 1. The van der Waals surface area contributed by atoms with Crippen molar-refractivity contribution in [3.8, 4) is 5.75 Å². The molecule has 148 valence electrons. The molecular formula is C23H27FN2O2. The van der Waals surface area contributed by atoms with Crippen LogP contribution in [-0.2, 0) is 0 Å². The lowest BCUT2D eigenvalue weighted by Gasteiger charge is -2.32. The van der Waals surface area contributed by atoms with Crippen LogP contribution in [0.25, 0.3) is 0 Å². The van der Waals surface area contributed by atoms with Crippen LogP contribution in [0.3, 0.4) is 0 Å². The van der Waals surface area contributed by atoms with Gasteiger partial charge in [-0.2, -0.15) is 0 Å². The average Bonchev–Trinajstić information content (AvgIpc) is 2.73. The molecule has 4 nitrogen and oxygen atoms in total. The Labute approximate surface area is 165 Å². The molecule has 2 atom stereocenters. The fraction of sp³-hybridized carbons (Fsp3) is 0.348. The predicted molar refractivity (Wildman–Crippen MR) is 109 cm³/mol. The van der Waals surface area contributed by atoms with E-state index in [2.05, 4.69) is 17.2 Å². The van der Waals surface area contributed by atoms with Gasteiger partial charge in [0.1, 0.15) is 11.6 Å². The summed E-state index contributed by atoms with van der Waals surface area (Å²) in [7, 11) is 0. The summed E-state index contributed by atoms with van der Waals surface area (Å²) in [5.74, 6) is 1.09. The molecule has 1 aliphatic rings. The van der Waals surface area contributed by atoms with Crippen LogP contribution in [0, 0.1) is 11.7 Å². The van der Waals surface area contributed by atoms with Crippen molar-refractivity contribution < 1.29 is 13.9 Å². The third kappa shape index (κ3) is 5.42. The molecule has 0 unspecified atom stereocenters.